The molecule has 156 valence electrons. The molecule has 2 heterocycles. The van der Waals surface area contributed by atoms with Crippen LogP contribution >= 0.6 is 0 Å². The number of carbonyl (C=O) groups is 2. The maximum atomic E-state index is 13.1. The molecular weight excluding hydrogens is 396 g/mol. The molecule has 1 fully saturated rings. The molecule has 1 aromatic heterocycles. The van der Waals surface area contributed by atoms with E-state index in [1.54, 1.807) is 66.7 Å². The maximum absolute atomic E-state index is 13.1. The summed E-state index contributed by atoms with van der Waals surface area (Å²) >= 11 is 0. The Balaban J connectivity index is 1.96. The van der Waals surface area contributed by atoms with Gasteiger partial charge < -0.3 is 14.6 Å². The summed E-state index contributed by atoms with van der Waals surface area (Å²) in [6, 6.07) is 17.9. The topological polar surface area (TPSA) is 89.0 Å². The molecule has 1 unspecified atom stereocenters. The Hall–Kier alpha value is -4.13. The Bertz CT molecular complexity index is 1160. The average Bonchev–Trinajstić information content (AvgIpc) is 3.09. The lowest BCUT2D eigenvalue weighted by Gasteiger charge is -2.25. The number of aliphatic hydroxyl groups excluding tert-OH is 1. The standard InChI is InChI=1S/C24H20N2O5/c1-30-17-12-11-16(14-18(17)31-2)21-20(22(27)15-8-4-3-5-9-15)23(28)24(29)26(21)19-10-6-7-13-25-19/h3-14,21,27H,1-2H3/b22-20+. The van der Waals surface area contributed by atoms with Crippen molar-refractivity contribution in [2.75, 3.05) is 19.1 Å². The van der Waals surface area contributed by atoms with E-state index in [1.807, 2.05) is 0 Å². The number of hydrogen-bond acceptors (Lipinski definition) is 6. The molecule has 4 rings (SSSR count). The van der Waals surface area contributed by atoms with Gasteiger partial charge in [-0.15, -0.1) is 0 Å². The fraction of sp³-hybridized carbons (Fsp3) is 0.125. The van der Waals surface area contributed by atoms with Crippen LogP contribution in [-0.2, 0) is 9.59 Å². The van der Waals surface area contributed by atoms with Gasteiger partial charge in [0.15, 0.2) is 11.5 Å². The van der Waals surface area contributed by atoms with Gasteiger partial charge in [-0.05, 0) is 29.8 Å². The van der Waals surface area contributed by atoms with Crippen LogP contribution in [-0.4, -0.2) is 36.0 Å². The fourth-order valence-corrected chi connectivity index (χ4v) is 3.65. The molecule has 3 aromatic rings. The molecule has 1 aliphatic heterocycles. The van der Waals surface area contributed by atoms with E-state index >= 15 is 0 Å². The summed E-state index contributed by atoms with van der Waals surface area (Å²) in [5.41, 5.74) is 0.987. The number of amides is 1. The molecule has 1 saturated heterocycles. The minimum absolute atomic E-state index is 0.0194. The van der Waals surface area contributed by atoms with Crippen molar-refractivity contribution < 1.29 is 24.2 Å². The van der Waals surface area contributed by atoms with Gasteiger partial charge in [0.1, 0.15) is 11.6 Å². The lowest BCUT2D eigenvalue weighted by atomic mass is 9.95. The van der Waals surface area contributed by atoms with Gasteiger partial charge in [0.25, 0.3) is 5.78 Å². The number of aromatic nitrogens is 1. The fourth-order valence-electron chi connectivity index (χ4n) is 3.65. The molecule has 0 radical (unpaired) electrons. The predicted octanol–water partition coefficient (Wildman–Crippen LogP) is 3.73. The molecule has 0 saturated carbocycles. The summed E-state index contributed by atoms with van der Waals surface area (Å²) in [6.07, 6.45) is 1.54. The van der Waals surface area contributed by atoms with E-state index in [4.69, 9.17) is 9.47 Å². The van der Waals surface area contributed by atoms with Crippen LogP contribution in [0.25, 0.3) is 5.76 Å². The number of aliphatic hydroxyl groups is 1. The summed E-state index contributed by atoms with van der Waals surface area (Å²) in [7, 11) is 3.02. The van der Waals surface area contributed by atoms with Crippen LogP contribution < -0.4 is 14.4 Å². The normalized spacial score (nSPS) is 17.6. The van der Waals surface area contributed by atoms with Crippen molar-refractivity contribution in [3.8, 4) is 11.5 Å². The molecule has 0 spiro atoms. The van der Waals surface area contributed by atoms with Gasteiger partial charge in [-0.3, -0.25) is 14.5 Å². The molecule has 31 heavy (non-hydrogen) atoms. The van der Waals surface area contributed by atoms with Crippen LogP contribution in [0.1, 0.15) is 17.2 Å². The van der Waals surface area contributed by atoms with Crippen LogP contribution in [0.3, 0.4) is 0 Å². The molecule has 1 aliphatic rings. The van der Waals surface area contributed by atoms with Crippen molar-refractivity contribution in [2.24, 2.45) is 0 Å². The summed E-state index contributed by atoms with van der Waals surface area (Å²) in [5.74, 6) is -0.563. The zero-order valence-electron chi connectivity index (χ0n) is 17.0. The first kappa shape index (κ1) is 20.2. The Kier molecular flexibility index (Phi) is 5.41. The number of carbonyl (C=O) groups excluding carboxylic acids is 2. The van der Waals surface area contributed by atoms with Crippen LogP contribution in [0.5, 0.6) is 11.5 Å². The number of hydrogen-bond donors (Lipinski definition) is 1. The van der Waals surface area contributed by atoms with Crippen LogP contribution in [0, 0.1) is 0 Å². The smallest absolute Gasteiger partial charge is 0.301 e. The number of benzene rings is 2. The number of nitrogens with zero attached hydrogens (tertiary/aromatic N) is 2. The second-order valence-electron chi connectivity index (χ2n) is 6.84. The summed E-state index contributed by atoms with van der Waals surface area (Å²) in [6.45, 7) is 0. The Morgan fingerprint density at radius 2 is 1.65 bits per heavy atom. The minimum Gasteiger partial charge on any atom is -0.507 e. The third-order valence-electron chi connectivity index (χ3n) is 5.11. The zero-order chi connectivity index (χ0) is 22.0. The van der Waals surface area contributed by atoms with Gasteiger partial charge in [-0.1, -0.05) is 42.5 Å². The van der Waals surface area contributed by atoms with E-state index in [0.717, 1.165) is 0 Å². The van der Waals surface area contributed by atoms with E-state index in [1.165, 1.54) is 25.3 Å². The SMILES string of the molecule is COc1ccc(C2/C(=C(\O)c3ccccc3)C(=O)C(=O)N2c2ccccn2)cc1OC. The Morgan fingerprint density at radius 1 is 0.935 bits per heavy atom. The number of rotatable bonds is 5. The summed E-state index contributed by atoms with van der Waals surface area (Å²) < 4.78 is 10.7. The lowest BCUT2D eigenvalue weighted by molar-refractivity contribution is -0.132. The number of ketones is 1. The molecule has 0 bridgehead atoms. The zero-order valence-corrected chi connectivity index (χ0v) is 17.0. The van der Waals surface area contributed by atoms with Crippen molar-refractivity contribution in [1.29, 1.82) is 0 Å². The first-order valence-electron chi connectivity index (χ1n) is 9.56. The first-order chi connectivity index (χ1) is 15.1. The van der Waals surface area contributed by atoms with Crippen LogP contribution in [0.15, 0.2) is 78.5 Å². The molecule has 2 aromatic carbocycles. The van der Waals surface area contributed by atoms with Crippen molar-refractivity contribution in [3.05, 3.63) is 89.6 Å². The third-order valence-corrected chi connectivity index (χ3v) is 5.11. The highest BCUT2D eigenvalue weighted by atomic mass is 16.5. The number of Topliss-reactive ketones (excluding diaryl/α,β-unsaturated/α-hetero) is 1. The second-order valence-corrected chi connectivity index (χ2v) is 6.84. The second kappa shape index (κ2) is 8.31. The van der Waals surface area contributed by atoms with Gasteiger partial charge in [0, 0.05) is 11.8 Å². The van der Waals surface area contributed by atoms with Crippen molar-refractivity contribution in [3.63, 3.8) is 0 Å². The van der Waals surface area contributed by atoms with E-state index in [-0.39, 0.29) is 11.3 Å². The monoisotopic (exact) mass is 416 g/mol. The summed E-state index contributed by atoms with van der Waals surface area (Å²) in [4.78, 5) is 31.7. The quantitative estimate of drug-likeness (QED) is 0.387. The van der Waals surface area contributed by atoms with Gasteiger partial charge >= 0.3 is 5.91 Å². The highest BCUT2D eigenvalue weighted by Gasteiger charge is 2.47. The molecular formula is C24H20N2O5. The predicted molar refractivity (Wildman–Crippen MR) is 115 cm³/mol. The van der Waals surface area contributed by atoms with Crippen molar-refractivity contribution >= 4 is 23.3 Å². The number of methoxy groups -OCH3 is 2. The third kappa shape index (κ3) is 3.50. The maximum Gasteiger partial charge on any atom is 0.301 e. The number of pyridine rings is 1. The van der Waals surface area contributed by atoms with E-state index in [9.17, 15) is 14.7 Å². The Labute approximate surface area is 179 Å². The molecule has 7 heteroatoms. The highest BCUT2D eigenvalue weighted by Crippen LogP contribution is 2.43. The lowest BCUT2D eigenvalue weighted by Crippen LogP contribution is -2.30. The molecule has 1 N–H and O–H groups in total. The summed E-state index contributed by atoms with van der Waals surface area (Å²) in [5, 5.41) is 11.0. The minimum atomic E-state index is -0.894. The van der Waals surface area contributed by atoms with Crippen molar-refractivity contribution in [2.45, 2.75) is 6.04 Å². The van der Waals surface area contributed by atoms with Crippen molar-refractivity contribution in [1.82, 2.24) is 4.98 Å². The first-order valence-corrected chi connectivity index (χ1v) is 9.56. The highest BCUT2D eigenvalue weighted by molar-refractivity contribution is 6.51. The van der Waals surface area contributed by atoms with Crippen LogP contribution in [0.4, 0.5) is 5.82 Å². The van der Waals surface area contributed by atoms with E-state index < -0.39 is 17.7 Å². The van der Waals surface area contributed by atoms with Gasteiger partial charge in [-0.25, -0.2) is 4.98 Å². The molecule has 1 atom stereocenters. The van der Waals surface area contributed by atoms with Gasteiger partial charge in [-0.2, -0.15) is 0 Å². The number of ether oxygens (including phenoxy) is 2. The van der Waals surface area contributed by atoms with Gasteiger partial charge in [0.2, 0.25) is 0 Å². The van der Waals surface area contributed by atoms with Gasteiger partial charge in [0.05, 0.1) is 25.8 Å². The van der Waals surface area contributed by atoms with Crippen LogP contribution in [0.2, 0.25) is 0 Å². The average molecular weight is 416 g/mol. The largest absolute Gasteiger partial charge is 0.507 e. The molecule has 7 nitrogen and oxygen atoms in total. The molecule has 1 amide bonds. The van der Waals surface area contributed by atoms with E-state index in [0.29, 0.717) is 28.4 Å². The molecule has 0 aliphatic carbocycles. The number of anilines is 1. The van der Waals surface area contributed by atoms with E-state index in [2.05, 4.69) is 4.98 Å². The Morgan fingerprint density at radius 3 is 2.29 bits per heavy atom.